The molecule has 1 atom stereocenters. The Hall–Kier alpha value is -3.14. The Morgan fingerprint density at radius 3 is 2.64 bits per heavy atom. The van der Waals surface area contributed by atoms with E-state index in [-0.39, 0.29) is 30.2 Å². The van der Waals surface area contributed by atoms with Gasteiger partial charge < -0.3 is 9.80 Å². The highest BCUT2D eigenvalue weighted by Gasteiger charge is 2.41. The van der Waals surface area contributed by atoms with Crippen molar-refractivity contribution in [3.63, 3.8) is 0 Å². The summed E-state index contributed by atoms with van der Waals surface area (Å²) in [6.45, 7) is 1.58. The molecule has 2 aliphatic rings. The van der Waals surface area contributed by atoms with Crippen LogP contribution in [0.1, 0.15) is 18.0 Å². The fraction of sp³-hybridized carbons (Fsp3) is 0.333. The van der Waals surface area contributed by atoms with E-state index in [1.165, 1.54) is 6.20 Å². The van der Waals surface area contributed by atoms with E-state index in [1.54, 1.807) is 20.7 Å². The molecule has 2 amide bonds. The van der Waals surface area contributed by atoms with Gasteiger partial charge in [0.1, 0.15) is 6.07 Å². The Labute approximate surface area is 145 Å². The van der Waals surface area contributed by atoms with Crippen LogP contribution in [-0.4, -0.2) is 46.1 Å². The summed E-state index contributed by atoms with van der Waals surface area (Å²) in [6, 6.07) is 11.6. The van der Waals surface area contributed by atoms with Gasteiger partial charge in [0, 0.05) is 37.9 Å². The largest absolute Gasteiger partial charge is 0.338 e. The summed E-state index contributed by atoms with van der Waals surface area (Å²) < 4.78 is 1.73. The summed E-state index contributed by atoms with van der Waals surface area (Å²) in [6.07, 6.45) is 3.48. The van der Waals surface area contributed by atoms with Gasteiger partial charge in [0.05, 0.1) is 23.7 Å². The van der Waals surface area contributed by atoms with Crippen LogP contribution >= 0.6 is 0 Å². The smallest absolute Gasteiger partial charge is 0.228 e. The monoisotopic (exact) mass is 335 g/mol. The second-order valence-corrected chi connectivity index (χ2v) is 6.46. The predicted molar refractivity (Wildman–Crippen MR) is 89.5 cm³/mol. The van der Waals surface area contributed by atoms with Crippen LogP contribution in [0.25, 0.3) is 0 Å². The summed E-state index contributed by atoms with van der Waals surface area (Å²) in [5.74, 6) is -0.274. The van der Waals surface area contributed by atoms with Crippen molar-refractivity contribution in [2.75, 3.05) is 24.5 Å². The van der Waals surface area contributed by atoms with Crippen molar-refractivity contribution >= 4 is 17.5 Å². The minimum absolute atomic E-state index is 0.00707. The SMILES string of the molecule is N#Cc1cnn(C2CN(C(=O)C3CC(=O)N(c4ccccc4)C3)C2)c1. The molecule has 0 aliphatic carbocycles. The lowest BCUT2D eigenvalue weighted by Gasteiger charge is -2.40. The van der Waals surface area contributed by atoms with Gasteiger partial charge in [-0.05, 0) is 12.1 Å². The number of rotatable bonds is 3. The quantitative estimate of drug-likeness (QED) is 0.844. The highest BCUT2D eigenvalue weighted by Crippen LogP contribution is 2.29. The minimum Gasteiger partial charge on any atom is -0.338 e. The predicted octanol–water partition coefficient (Wildman–Crippen LogP) is 1.19. The van der Waals surface area contributed by atoms with E-state index >= 15 is 0 Å². The Morgan fingerprint density at radius 1 is 1.20 bits per heavy atom. The van der Waals surface area contributed by atoms with E-state index in [9.17, 15) is 9.59 Å². The van der Waals surface area contributed by atoms with Crippen LogP contribution in [0, 0.1) is 17.2 Å². The van der Waals surface area contributed by atoms with Gasteiger partial charge in [-0.2, -0.15) is 10.4 Å². The van der Waals surface area contributed by atoms with Crippen molar-refractivity contribution in [2.24, 2.45) is 5.92 Å². The molecule has 0 spiro atoms. The van der Waals surface area contributed by atoms with Crippen LogP contribution in [0.5, 0.6) is 0 Å². The summed E-state index contributed by atoms with van der Waals surface area (Å²) in [5.41, 5.74) is 1.36. The summed E-state index contributed by atoms with van der Waals surface area (Å²) in [5, 5.41) is 13.0. The van der Waals surface area contributed by atoms with Crippen molar-refractivity contribution in [1.82, 2.24) is 14.7 Å². The number of benzene rings is 1. The Balaban J connectivity index is 1.37. The van der Waals surface area contributed by atoms with E-state index in [0.717, 1.165) is 5.69 Å². The van der Waals surface area contributed by atoms with Crippen molar-refractivity contribution in [3.05, 3.63) is 48.3 Å². The molecule has 2 saturated heterocycles. The average Bonchev–Trinajstić information content (AvgIpc) is 3.21. The number of para-hydroxylation sites is 1. The standard InChI is InChI=1S/C18H17N5O2/c19-7-13-8-20-23(9-13)16-11-21(12-16)18(25)14-6-17(24)22(10-14)15-4-2-1-3-5-15/h1-5,8-9,14,16H,6,10-12H2. The number of amides is 2. The van der Waals surface area contributed by atoms with Crippen molar-refractivity contribution in [1.29, 1.82) is 5.26 Å². The molecular formula is C18H17N5O2. The number of anilines is 1. The van der Waals surface area contributed by atoms with Gasteiger partial charge in [-0.1, -0.05) is 18.2 Å². The number of nitriles is 1. The van der Waals surface area contributed by atoms with E-state index in [4.69, 9.17) is 5.26 Å². The van der Waals surface area contributed by atoms with Gasteiger partial charge in [0.2, 0.25) is 11.8 Å². The molecule has 0 radical (unpaired) electrons. The molecular weight excluding hydrogens is 318 g/mol. The van der Waals surface area contributed by atoms with Crippen LogP contribution in [0.2, 0.25) is 0 Å². The van der Waals surface area contributed by atoms with Crippen molar-refractivity contribution in [3.8, 4) is 6.07 Å². The first kappa shape index (κ1) is 15.4. The zero-order valence-corrected chi connectivity index (χ0v) is 13.6. The molecule has 4 rings (SSSR count). The van der Waals surface area contributed by atoms with Gasteiger partial charge >= 0.3 is 0 Å². The Bertz CT molecular complexity index is 848. The summed E-state index contributed by atoms with van der Waals surface area (Å²) in [7, 11) is 0. The molecule has 0 bridgehead atoms. The third-order valence-corrected chi connectivity index (χ3v) is 4.82. The number of carbonyl (C=O) groups excluding carboxylic acids is 2. The number of hydrogen-bond acceptors (Lipinski definition) is 4. The minimum atomic E-state index is -0.291. The first-order valence-corrected chi connectivity index (χ1v) is 8.24. The van der Waals surface area contributed by atoms with E-state index < -0.39 is 0 Å². The number of nitrogens with zero attached hydrogens (tertiary/aromatic N) is 5. The lowest BCUT2D eigenvalue weighted by molar-refractivity contribution is -0.141. The van der Waals surface area contributed by atoms with Gasteiger partial charge in [0.25, 0.3) is 0 Å². The first-order valence-electron chi connectivity index (χ1n) is 8.24. The maximum Gasteiger partial charge on any atom is 0.228 e. The van der Waals surface area contributed by atoms with E-state index in [2.05, 4.69) is 5.10 Å². The topological polar surface area (TPSA) is 82.2 Å². The second-order valence-electron chi connectivity index (χ2n) is 6.46. The van der Waals surface area contributed by atoms with E-state index in [0.29, 0.717) is 25.2 Å². The van der Waals surface area contributed by atoms with Crippen LogP contribution < -0.4 is 4.90 Å². The lowest BCUT2D eigenvalue weighted by atomic mass is 10.0. The van der Waals surface area contributed by atoms with Crippen LogP contribution in [0.3, 0.4) is 0 Å². The third-order valence-electron chi connectivity index (χ3n) is 4.82. The molecule has 3 heterocycles. The zero-order chi connectivity index (χ0) is 17.4. The van der Waals surface area contributed by atoms with Crippen LogP contribution in [-0.2, 0) is 9.59 Å². The van der Waals surface area contributed by atoms with Crippen molar-refractivity contribution in [2.45, 2.75) is 12.5 Å². The average molecular weight is 335 g/mol. The molecule has 25 heavy (non-hydrogen) atoms. The molecule has 0 N–H and O–H groups in total. The first-order chi connectivity index (χ1) is 12.2. The number of hydrogen-bond donors (Lipinski definition) is 0. The van der Waals surface area contributed by atoms with Gasteiger partial charge in [0.15, 0.2) is 0 Å². The number of likely N-dealkylation sites (tertiary alicyclic amines) is 1. The molecule has 2 aromatic rings. The molecule has 0 saturated carbocycles. The molecule has 126 valence electrons. The van der Waals surface area contributed by atoms with Gasteiger partial charge in [-0.3, -0.25) is 14.3 Å². The molecule has 1 aromatic carbocycles. The maximum absolute atomic E-state index is 12.7. The van der Waals surface area contributed by atoms with Crippen LogP contribution in [0.4, 0.5) is 5.69 Å². The molecule has 2 aliphatic heterocycles. The molecule has 1 aromatic heterocycles. The highest BCUT2D eigenvalue weighted by molar-refractivity contribution is 6.00. The number of carbonyl (C=O) groups is 2. The third kappa shape index (κ3) is 2.76. The van der Waals surface area contributed by atoms with Gasteiger partial charge in [-0.25, -0.2) is 0 Å². The molecule has 7 nitrogen and oxygen atoms in total. The summed E-state index contributed by atoms with van der Waals surface area (Å²) in [4.78, 5) is 28.4. The van der Waals surface area contributed by atoms with Gasteiger partial charge in [-0.15, -0.1) is 0 Å². The highest BCUT2D eigenvalue weighted by atomic mass is 16.2. The Kier molecular flexibility index (Phi) is 3.73. The molecule has 2 fully saturated rings. The molecule has 1 unspecified atom stereocenters. The lowest BCUT2D eigenvalue weighted by Crippen LogP contribution is -2.53. The Morgan fingerprint density at radius 2 is 1.96 bits per heavy atom. The fourth-order valence-electron chi connectivity index (χ4n) is 3.39. The maximum atomic E-state index is 12.7. The second kappa shape index (κ2) is 6.06. The normalized spacial score (nSPS) is 20.4. The van der Waals surface area contributed by atoms with E-state index in [1.807, 2.05) is 36.4 Å². The zero-order valence-electron chi connectivity index (χ0n) is 13.6. The fourth-order valence-corrected chi connectivity index (χ4v) is 3.39. The van der Waals surface area contributed by atoms with Crippen LogP contribution in [0.15, 0.2) is 42.7 Å². The number of aromatic nitrogens is 2. The summed E-state index contributed by atoms with van der Waals surface area (Å²) >= 11 is 0. The molecule has 7 heteroatoms. The van der Waals surface area contributed by atoms with Crippen molar-refractivity contribution < 1.29 is 9.59 Å².